The highest BCUT2D eigenvalue weighted by Gasteiger charge is 2.47. The molecule has 74 valence electrons. The van der Waals surface area contributed by atoms with E-state index in [2.05, 4.69) is 26.2 Å². The molecule has 0 radical (unpaired) electrons. The number of anilines is 1. The van der Waals surface area contributed by atoms with Crippen LogP contribution in [-0.2, 0) is 0 Å². The van der Waals surface area contributed by atoms with Gasteiger partial charge in [-0.05, 0) is 59.2 Å². The summed E-state index contributed by atoms with van der Waals surface area (Å²) in [5.74, 6) is 2.99. The summed E-state index contributed by atoms with van der Waals surface area (Å²) in [6.45, 7) is 0. The summed E-state index contributed by atoms with van der Waals surface area (Å²) in [7, 11) is 0. The number of halogens is 1. The number of hydrogen-bond acceptors (Lipinski definition) is 2. The number of aromatic nitrogens is 1. The maximum Gasteiger partial charge on any atom is 0.126 e. The number of fused-ring (bicyclic) bond motifs is 1. The Labute approximate surface area is 92.2 Å². The zero-order chi connectivity index (χ0) is 9.54. The van der Waals surface area contributed by atoms with Crippen LogP contribution in [0, 0.1) is 11.8 Å². The third-order valence-corrected chi connectivity index (χ3v) is 3.87. The summed E-state index contributed by atoms with van der Waals surface area (Å²) in [6, 6.07) is 4.77. The molecule has 1 N–H and O–H groups in total. The van der Waals surface area contributed by atoms with Gasteiger partial charge >= 0.3 is 0 Å². The Hall–Kier alpha value is -0.570. The minimum absolute atomic E-state index is 0.689. The predicted molar refractivity (Wildman–Crippen MR) is 60.2 cm³/mol. The molecule has 3 atom stereocenters. The van der Waals surface area contributed by atoms with E-state index >= 15 is 0 Å². The second kappa shape index (κ2) is 3.23. The summed E-state index contributed by atoms with van der Waals surface area (Å²) >= 11 is 3.39. The molecule has 2 saturated carbocycles. The summed E-state index contributed by atoms with van der Waals surface area (Å²) in [4.78, 5) is 4.34. The molecule has 1 aromatic rings. The fraction of sp³-hybridized carbons (Fsp3) is 0.545. The Bertz CT molecular complexity index is 336. The van der Waals surface area contributed by atoms with Crippen LogP contribution in [0.1, 0.15) is 19.3 Å². The van der Waals surface area contributed by atoms with Crippen LogP contribution in [0.25, 0.3) is 0 Å². The lowest BCUT2D eigenvalue weighted by Gasteiger charge is -2.14. The molecule has 2 aliphatic carbocycles. The van der Waals surface area contributed by atoms with Gasteiger partial charge in [-0.25, -0.2) is 4.98 Å². The van der Waals surface area contributed by atoms with Crippen LogP contribution in [0.15, 0.2) is 22.8 Å². The molecule has 3 unspecified atom stereocenters. The van der Waals surface area contributed by atoms with Crippen molar-refractivity contribution in [3.05, 3.63) is 22.8 Å². The Kier molecular flexibility index (Phi) is 2.01. The first-order chi connectivity index (χ1) is 6.83. The van der Waals surface area contributed by atoms with Crippen molar-refractivity contribution in [1.29, 1.82) is 0 Å². The molecule has 0 amide bonds. The van der Waals surface area contributed by atoms with E-state index in [1.54, 1.807) is 0 Å². The molecule has 1 aromatic heterocycles. The van der Waals surface area contributed by atoms with Crippen molar-refractivity contribution in [1.82, 2.24) is 4.98 Å². The van der Waals surface area contributed by atoms with Gasteiger partial charge in [-0.2, -0.15) is 0 Å². The van der Waals surface area contributed by atoms with Crippen LogP contribution in [0.5, 0.6) is 0 Å². The summed E-state index contributed by atoms with van der Waals surface area (Å²) in [5.41, 5.74) is 0. The van der Waals surface area contributed by atoms with Crippen LogP contribution in [0.3, 0.4) is 0 Å². The van der Waals surface area contributed by atoms with E-state index in [0.29, 0.717) is 6.04 Å². The molecular formula is C11H13BrN2. The highest BCUT2D eigenvalue weighted by atomic mass is 79.9. The van der Waals surface area contributed by atoms with Crippen molar-refractivity contribution < 1.29 is 0 Å². The molecule has 3 heteroatoms. The maximum atomic E-state index is 4.34. The van der Waals surface area contributed by atoms with Crippen LogP contribution in [-0.4, -0.2) is 11.0 Å². The summed E-state index contributed by atoms with van der Waals surface area (Å²) < 4.78 is 1.04. The van der Waals surface area contributed by atoms with Crippen LogP contribution in [0.4, 0.5) is 5.82 Å². The SMILES string of the molecule is Brc1ccc(NC2CCC3CC32)nc1. The Morgan fingerprint density at radius 2 is 2.29 bits per heavy atom. The zero-order valence-electron chi connectivity index (χ0n) is 7.91. The molecule has 0 aromatic carbocycles. The molecule has 3 rings (SSSR count). The summed E-state index contributed by atoms with van der Waals surface area (Å²) in [5, 5.41) is 3.53. The van der Waals surface area contributed by atoms with Gasteiger partial charge < -0.3 is 5.32 Å². The third kappa shape index (κ3) is 1.54. The lowest BCUT2D eigenvalue weighted by Crippen LogP contribution is -2.19. The van der Waals surface area contributed by atoms with Gasteiger partial charge in [0, 0.05) is 16.7 Å². The lowest BCUT2D eigenvalue weighted by molar-refractivity contribution is 0.651. The third-order valence-electron chi connectivity index (χ3n) is 3.40. The highest BCUT2D eigenvalue weighted by Crippen LogP contribution is 2.52. The maximum absolute atomic E-state index is 4.34. The molecule has 0 bridgehead atoms. The second-order valence-corrected chi connectivity index (χ2v) is 5.27. The molecule has 2 nitrogen and oxygen atoms in total. The van der Waals surface area contributed by atoms with E-state index in [-0.39, 0.29) is 0 Å². The van der Waals surface area contributed by atoms with Crippen LogP contribution >= 0.6 is 15.9 Å². The summed E-state index contributed by atoms with van der Waals surface area (Å²) in [6.07, 6.45) is 6.03. The average Bonchev–Trinajstić information content (AvgIpc) is 2.88. The first kappa shape index (κ1) is 8.72. The number of hydrogen-bond donors (Lipinski definition) is 1. The van der Waals surface area contributed by atoms with Crippen LogP contribution in [0.2, 0.25) is 0 Å². The van der Waals surface area contributed by atoms with Gasteiger partial charge in [0.2, 0.25) is 0 Å². The van der Waals surface area contributed by atoms with Gasteiger partial charge in [-0.15, -0.1) is 0 Å². The number of nitrogens with zero attached hydrogens (tertiary/aromatic N) is 1. The zero-order valence-corrected chi connectivity index (χ0v) is 9.50. The van der Waals surface area contributed by atoms with E-state index < -0.39 is 0 Å². The van der Waals surface area contributed by atoms with Crippen molar-refractivity contribution in [3.8, 4) is 0 Å². The van der Waals surface area contributed by atoms with E-state index in [9.17, 15) is 0 Å². The Balaban J connectivity index is 1.69. The quantitative estimate of drug-likeness (QED) is 0.876. The van der Waals surface area contributed by atoms with Crippen molar-refractivity contribution in [2.45, 2.75) is 25.3 Å². The normalized spacial score (nSPS) is 33.9. The standard InChI is InChI=1S/C11H13BrN2/c12-8-2-4-11(13-6-8)14-10-3-1-7-5-9(7)10/h2,4,6-7,9-10H,1,3,5H2,(H,13,14). The smallest absolute Gasteiger partial charge is 0.126 e. The molecule has 2 fully saturated rings. The van der Waals surface area contributed by atoms with E-state index in [0.717, 1.165) is 22.1 Å². The predicted octanol–water partition coefficient (Wildman–Crippen LogP) is 3.05. The van der Waals surface area contributed by atoms with Crippen LogP contribution < -0.4 is 5.32 Å². The fourth-order valence-electron chi connectivity index (χ4n) is 2.53. The molecule has 0 saturated heterocycles. The Morgan fingerprint density at radius 1 is 1.36 bits per heavy atom. The van der Waals surface area contributed by atoms with Crippen molar-refractivity contribution in [2.24, 2.45) is 11.8 Å². The Morgan fingerprint density at radius 3 is 2.86 bits per heavy atom. The minimum Gasteiger partial charge on any atom is -0.367 e. The van der Waals surface area contributed by atoms with E-state index in [1.165, 1.54) is 19.3 Å². The van der Waals surface area contributed by atoms with Gasteiger partial charge in [0.1, 0.15) is 5.82 Å². The average molecular weight is 253 g/mol. The molecule has 14 heavy (non-hydrogen) atoms. The molecule has 2 aliphatic rings. The second-order valence-electron chi connectivity index (χ2n) is 4.35. The van der Waals surface area contributed by atoms with Gasteiger partial charge in [0.25, 0.3) is 0 Å². The first-order valence-corrected chi connectivity index (χ1v) is 6.00. The first-order valence-electron chi connectivity index (χ1n) is 5.21. The number of rotatable bonds is 2. The topological polar surface area (TPSA) is 24.9 Å². The number of pyridine rings is 1. The van der Waals surface area contributed by atoms with Gasteiger partial charge in [0.15, 0.2) is 0 Å². The highest BCUT2D eigenvalue weighted by molar-refractivity contribution is 9.10. The van der Waals surface area contributed by atoms with Gasteiger partial charge in [-0.1, -0.05) is 0 Å². The van der Waals surface area contributed by atoms with E-state index in [1.807, 2.05) is 18.3 Å². The molecule has 0 spiro atoms. The monoisotopic (exact) mass is 252 g/mol. The van der Waals surface area contributed by atoms with Crippen molar-refractivity contribution in [3.63, 3.8) is 0 Å². The van der Waals surface area contributed by atoms with Gasteiger partial charge in [-0.3, -0.25) is 0 Å². The fourth-order valence-corrected chi connectivity index (χ4v) is 2.77. The number of nitrogens with one attached hydrogen (secondary N) is 1. The minimum atomic E-state index is 0.689. The van der Waals surface area contributed by atoms with E-state index in [4.69, 9.17) is 0 Å². The lowest BCUT2D eigenvalue weighted by atomic mass is 10.2. The largest absolute Gasteiger partial charge is 0.367 e. The molecule has 1 heterocycles. The molecular weight excluding hydrogens is 240 g/mol. The van der Waals surface area contributed by atoms with Crippen molar-refractivity contribution in [2.75, 3.05) is 5.32 Å². The molecule has 0 aliphatic heterocycles. The van der Waals surface area contributed by atoms with Crippen molar-refractivity contribution >= 4 is 21.7 Å². The van der Waals surface area contributed by atoms with Gasteiger partial charge in [0.05, 0.1) is 0 Å².